The van der Waals surface area contributed by atoms with E-state index < -0.39 is 0 Å². The van der Waals surface area contributed by atoms with E-state index in [-0.39, 0.29) is 12.5 Å². The van der Waals surface area contributed by atoms with Crippen LogP contribution in [0, 0.1) is 6.92 Å². The second kappa shape index (κ2) is 10.2. The highest BCUT2D eigenvalue weighted by molar-refractivity contribution is 9.10. The van der Waals surface area contributed by atoms with Crippen molar-refractivity contribution in [1.82, 2.24) is 15.4 Å². The normalized spacial score (nSPS) is 14.7. The lowest BCUT2D eigenvalue weighted by atomic mass is 10.2. The van der Waals surface area contributed by atoms with Crippen LogP contribution in [-0.4, -0.2) is 41.8 Å². The van der Waals surface area contributed by atoms with Crippen molar-refractivity contribution in [2.24, 2.45) is 5.10 Å². The van der Waals surface area contributed by atoms with Crippen LogP contribution in [-0.2, 0) is 4.79 Å². The molecule has 2 aromatic rings. The first-order chi connectivity index (χ1) is 13.6. The van der Waals surface area contributed by atoms with Crippen LogP contribution in [0.4, 0.5) is 5.95 Å². The van der Waals surface area contributed by atoms with Crippen molar-refractivity contribution in [2.75, 3.05) is 24.6 Å². The summed E-state index contributed by atoms with van der Waals surface area (Å²) in [6, 6.07) is 9.35. The molecule has 1 aromatic carbocycles. The minimum atomic E-state index is -0.348. The molecule has 2 heterocycles. The third-order valence-electron chi connectivity index (χ3n) is 4.31. The molecule has 1 saturated heterocycles. The molecule has 8 heteroatoms. The monoisotopic (exact) mass is 445 g/mol. The Hall–Kier alpha value is -2.48. The Bertz CT molecular complexity index is 835. The number of ether oxygens (including phenoxy) is 1. The number of benzene rings is 1. The number of carbonyl (C=O) groups excluding carboxylic acids is 1. The molecule has 148 valence electrons. The summed E-state index contributed by atoms with van der Waals surface area (Å²) in [5.41, 5.74) is 4.15. The zero-order valence-corrected chi connectivity index (χ0v) is 17.5. The Balaban J connectivity index is 1.54. The van der Waals surface area contributed by atoms with Gasteiger partial charge >= 0.3 is 0 Å². The molecule has 0 bridgehead atoms. The average molecular weight is 446 g/mol. The summed E-state index contributed by atoms with van der Waals surface area (Å²) >= 11 is 3.39. The number of anilines is 1. The molecule has 0 unspecified atom stereocenters. The number of nitrogens with one attached hydrogen (secondary N) is 1. The second-order valence-corrected chi connectivity index (χ2v) is 7.60. The number of hydrogen-bond acceptors (Lipinski definition) is 6. The van der Waals surface area contributed by atoms with E-state index in [1.165, 1.54) is 12.8 Å². The molecule has 28 heavy (non-hydrogen) atoms. The van der Waals surface area contributed by atoms with E-state index in [0.29, 0.717) is 11.8 Å². The number of amides is 1. The number of hydrazone groups is 1. The highest BCUT2D eigenvalue weighted by atomic mass is 79.9. The smallest absolute Gasteiger partial charge is 0.278 e. The standard InChI is InChI=1S/C20H24BrN5O2/c1-15-11-19(24-20(23-15)26-9-4-2-3-5-10-26)28-14-18(27)25-22-13-16-7-6-8-17(21)12-16/h6-8,11-13H,2-5,9-10,14H2,1H3,(H,25,27). The summed E-state index contributed by atoms with van der Waals surface area (Å²) in [6.07, 6.45) is 6.35. The fourth-order valence-electron chi connectivity index (χ4n) is 2.95. The number of nitrogens with zero attached hydrogens (tertiary/aromatic N) is 4. The van der Waals surface area contributed by atoms with E-state index in [4.69, 9.17) is 4.74 Å². The van der Waals surface area contributed by atoms with Crippen LogP contribution in [0.3, 0.4) is 0 Å². The quantitative estimate of drug-likeness (QED) is 0.543. The molecule has 3 rings (SSSR count). The van der Waals surface area contributed by atoms with Crippen molar-refractivity contribution in [1.29, 1.82) is 0 Å². The van der Waals surface area contributed by atoms with Crippen LogP contribution in [0.5, 0.6) is 5.88 Å². The highest BCUT2D eigenvalue weighted by Crippen LogP contribution is 2.19. The first-order valence-electron chi connectivity index (χ1n) is 9.41. The van der Waals surface area contributed by atoms with Crippen LogP contribution >= 0.6 is 15.9 Å². The lowest BCUT2D eigenvalue weighted by Gasteiger charge is -2.20. The Kier molecular flexibility index (Phi) is 7.36. The summed E-state index contributed by atoms with van der Waals surface area (Å²) in [5.74, 6) is 0.724. The average Bonchev–Trinajstić information content (AvgIpc) is 2.96. The van der Waals surface area contributed by atoms with Crippen LogP contribution in [0.2, 0.25) is 0 Å². The predicted octanol–water partition coefficient (Wildman–Crippen LogP) is 3.46. The van der Waals surface area contributed by atoms with Gasteiger partial charge in [-0.05, 0) is 37.5 Å². The molecule has 0 spiro atoms. The number of aromatic nitrogens is 2. The minimum absolute atomic E-state index is 0.161. The molecule has 0 atom stereocenters. The highest BCUT2D eigenvalue weighted by Gasteiger charge is 2.14. The first kappa shape index (κ1) is 20.3. The van der Waals surface area contributed by atoms with Gasteiger partial charge in [0, 0.05) is 29.3 Å². The Morgan fingerprint density at radius 3 is 2.79 bits per heavy atom. The van der Waals surface area contributed by atoms with E-state index in [1.54, 1.807) is 12.3 Å². The number of aryl methyl sites for hydroxylation is 1. The Morgan fingerprint density at radius 2 is 2.04 bits per heavy atom. The topological polar surface area (TPSA) is 79.7 Å². The second-order valence-electron chi connectivity index (χ2n) is 6.69. The van der Waals surface area contributed by atoms with Gasteiger partial charge in [-0.3, -0.25) is 4.79 Å². The summed E-state index contributed by atoms with van der Waals surface area (Å²) in [6.45, 7) is 3.64. The molecule has 1 aromatic heterocycles. The van der Waals surface area contributed by atoms with Crippen molar-refractivity contribution in [3.05, 3.63) is 46.1 Å². The Labute approximate surface area is 173 Å². The lowest BCUT2D eigenvalue weighted by molar-refractivity contribution is -0.123. The van der Waals surface area contributed by atoms with Gasteiger partial charge < -0.3 is 9.64 Å². The third kappa shape index (κ3) is 6.30. The zero-order valence-electron chi connectivity index (χ0n) is 15.9. The number of hydrogen-bond donors (Lipinski definition) is 1. The van der Waals surface area contributed by atoms with Crippen LogP contribution in [0.1, 0.15) is 36.9 Å². The van der Waals surface area contributed by atoms with Crippen LogP contribution < -0.4 is 15.1 Å². The molecule has 1 aliphatic heterocycles. The summed E-state index contributed by atoms with van der Waals surface area (Å²) in [5, 5.41) is 3.95. The minimum Gasteiger partial charge on any atom is -0.467 e. The molecule has 0 radical (unpaired) electrons. The first-order valence-corrected chi connectivity index (χ1v) is 10.2. The van der Waals surface area contributed by atoms with Gasteiger partial charge in [0.2, 0.25) is 11.8 Å². The van der Waals surface area contributed by atoms with Crippen molar-refractivity contribution in [2.45, 2.75) is 32.6 Å². The summed E-state index contributed by atoms with van der Waals surface area (Å²) in [4.78, 5) is 23.2. The van der Waals surface area contributed by atoms with E-state index >= 15 is 0 Å². The van der Waals surface area contributed by atoms with Gasteiger partial charge in [0.15, 0.2) is 6.61 Å². The van der Waals surface area contributed by atoms with Crippen LogP contribution in [0.15, 0.2) is 39.9 Å². The number of halogens is 1. The van der Waals surface area contributed by atoms with Gasteiger partial charge in [0.25, 0.3) is 5.91 Å². The molecule has 1 aliphatic rings. The third-order valence-corrected chi connectivity index (χ3v) is 4.80. The van der Waals surface area contributed by atoms with Gasteiger partial charge in [-0.25, -0.2) is 10.4 Å². The molecule has 7 nitrogen and oxygen atoms in total. The molecule has 0 saturated carbocycles. The van der Waals surface area contributed by atoms with Crippen molar-refractivity contribution in [3.8, 4) is 5.88 Å². The maximum absolute atomic E-state index is 12.0. The van der Waals surface area contributed by atoms with Crippen molar-refractivity contribution < 1.29 is 9.53 Å². The maximum Gasteiger partial charge on any atom is 0.278 e. The van der Waals surface area contributed by atoms with E-state index in [1.807, 2.05) is 31.2 Å². The number of carbonyl (C=O) groups is 1. The Morgan fingerprint density at radius 1 is 1.25 bits per heavy atom. The van der Waals surface area contributed by atoms with E-state index in [2.05, 4.69) is 41.3 Å². The summed E-state index contributed by atoms with van der Waals surface area (Å²) in [7, 11) is 0. The lowest BCUT2D eigenvalue weighted by Crippen LogP contribution is -2.27. The van der Waals surface area contributed by atoms with Gasteiger partial charge in [0.1, 0.15) is 0 Å². The fraction of sp³-hybridized carbons (Fsp3) is 0.400. The predicted molar refractivity (Wildman–Crippen MR) is 113 cm³/mol. The molecular formula is C20H24BrN5O2. The van der Waals surface area contributed by atoms with Gasteiger partial charge in [0.05, 0.1) is 6.21 Å². The molecular weight excluding hydrogens is 422 g/mol. The van der Waals surface area contributed by atoms with Gasteiger partial charge in [-0.2, -0.15) is 10.1 Å². The molecule has 1 amide bonds. The van der Waals surface area contributed by atoms with Crippen molar-refractivity contribution in [3.63, 3.8) is 0 Å². The fourth-order valence-corrected chi connectivity index (χ4v) is 3.36. The van der Waals surface area contributed by atoms with E-state index in [9.17, 15) is 4.79 Å². The number of rotatable bonds is 6. The SMILES string of the molecule is Cc1cc(OCC(=O)NN=Cc2cccc(Br)c2)nc(N2CCCCCC2)n1. The molecule has 1 fully saturated rings. The van der Waals surface area contributed by atoms with E-state index in [0.717, 1.165) is 41.7 Å². The van der Waals surface area contributed by atoms with Gasteiger partial charge in [-0.15, -0.1) is 0 Å². The largest absolute Gasteiger partial charge is 0.467 e. The van der Waals surface area contributed by atoms with Crippen LogP contribution in [0.25, 0.3) is 0 Å². The molecule has 1 N–H and O–H groups in total. The maximum atomic E-state index is 12.0. The van der Waals surface area contributed by atoms with Crippen molar-refractivity contribution >= 4 is 34.0 Å². The molecule has 0 aliphatic carbocycles. The van der Waals surface area contributed by atoms with Gasteiger partial charge in [-0.1, -0.05) is 40.9 Å². The zero-order chi connectivity index (χ0) is 19.8. The summed E-state index contributed by atoms with van der Waals surface area (Å²) < 4.78 is 6.51.